The molecule has 2 rings (SSSR count). The van der Waals surface area contributed by atoms with Gasteiger partial charge in [0.1, 0.15) is 0 Å². The van der Waals surface area contributed by atoms with Crippen LogP contribution in [0, 0.1) is 11.6 Å². The Balaban J connectivity index is 2.56. The maximum Gasteiger partial charge on any atom is 0.416 e. The van der Waals surface area contributed by atoms with Gasteiger partial charge in [-0.05, 0) is 39.2 Å². The predicted octanol–water partition coefficient (Wildman–Crippen LogP) is 4.79. The standard InChI is InChI=1S/C14H9BrF5N/c15-11-8(5-6-10(16)12(11)17)13(21)7-3-1-2-4-9(7)14(18,19)20/h1-6,13H,21H2. The van der Waals surface area contributed by atoms with Crippen molar-refractivity contribution in [3.8, 4) is 0 Å². The molecule has 0 amide bonds. The molecule has 0 spiro atoms. The van der Waals surface area contributed by atoms with Gasteiger partial charge < -0.3 is 5.73 Å². The summed E-state index contributed by atoms with van der Waals surface area (Å²) in [6.45, 7) is 0. The van der Waals surface area contributed by atoms with Crippen LogP contribution in [0.3, 0.4) is 0 Å². The van der Waals surface area contributed by atoms with Gasteiger partial charge in [0.05, 0.1) is 16.1 Å². The topological polar surface area (TPSA) is 26.0 Å². The van der Waals surface area contributed by atoms with E-state index < -0.39 is 29.4 Å². The van der Waals surface area contributed by atoms with Crippen molar-refractivity contribution in [2.24, 2.45) is 5.73 Å². The zero-order valence-electron chi connectivity index (χ0n) is 10.4. The molecule has 0 radical (unpaired) electrons. The molecule has 1 atom stereocenters. The van der Waals surface area contributed by atoms with Crippen LogP contribution in [0.1, 0.15) is 22.7 Å². The fourth-order valence-electron chi connectivity index (χ4n) is 1.97. The van der Waals surface area contributed by atoms with Crippen molar-refractivity contribution in [2.45, 2.75) is 12.2 Å². The van der Waals surface area contributed by atoms with Crippen molar-refractivity contribution >= 4 is 15.9 Å². The second-order valence-electron chi connectivity index (χ2n) is 4.33. The first-order chi connectivity index (χ1) is 9.73. The summed E-state index contributed by atoms with van der Waals surface area (Å²) in [5, 5.41) is 0. The molecule has 2 aromatic carbocycles. The van der Waals surface area contributed by atoms with Gasteiger partial charge in [-0.3, -0.25) is 0 Å². The minimum absolute atomic E-state index is 0.0330. The van der Waals surface area contributed by atoms with Crippen LogP contribution in [0.25, 0.3) is 0 Å². The highest BCUT2D eigenvalue weighted by Crippen LogP contribution is 2.37. The third kappa shape index (κ3) is 3.08. The van der Waals surface area contributed by atoms with E-state index in [0.29, 0.717) is 0 Å². The Morgan fingerprint density at radius 3 is 2.19 bits per heavy atom. The summed E-state index contributed by atoms with van der Waals surface area (Å²) in [4.78, 5) is 0. The van der Waals surface area contributed by atoms with E-state index in [4.69, 9.17) is 5.73 Å². The van der Waals surface area contributed by atoms with Gasteiger partial charge in [-0.1, -0.05) is 24.3 Å². The van der Waals surface area contributed by atoms with E-state index in [-0.39, 0.29) is 15.6 Å². The molecule has 0 saturated carbocycles. The van der Waals surface area contributed by atoms with E-state index in [1.807, 2.05) is 0 Å². The molecule has 0 aliphatic heterocycles. The van der Waals surface area contributed by atoms with Crippen LogP contribution in [-0.4, -0.2) is 0 Å². The molecule has 0 aromatic heterocycles. The average Bonchev–Trinajstić information content (AvgIpc) is 2.43. The molecule has 7 heteroatoms. The summed E-state index contributed by atoms with van der Waals surface area (Å²) in [6, 6.07) is 5.47. The first-order valence-corrected chi connectivity index (χ1v) is 6.58. The molecule has 0 aliphatic carbocycles. The van der Waals surface area contributed by atoms with E-state index in [0.717, 1.165) is 18.2 Å². The zero-order valence-corrected chi connectivity index (χ0v) is 12.0. The van der Waals surface area contributed by atoms with Gasteiger partial charge >= 0.3 is 6.18 Å². The van der Waals surface area contributed by atoms with Crippen LogP contribution < -0.4 is 5.73 Å². The van der Waals surface area contributed by atoms with Crippen molar-refractivity contribution in [2.75, 3.05) is 0 Å². The second-order valence-corrected chi connectivity index (χ2v) is 5.12. The Hall–Kier alpha value is -1.47. The summed E-state index contributed by atoms with van der Waals surface area (Å²) >= 11 is 2.83. The quantitative estimate of drug-likeness (QED) is 0.600. The molecule has 2 aromatic rings. The SMILES string of the molecule is NC(c1ccccc1C(F)(F)F)c1ccc(F)c(F)c1Br. The minimum atomic E-state index is -4.58. The van der Waals surface area contributed by atoms with E-state index in [9.17, 15) is 22.0 Å². The Morgan fingerprint density at radius 1 is 0.952 bits per heavy atom. The largest absolute Gasteiger partial charge is 0.416 e. The molecule has 21 heavy (non-hydrogen) atoms. The predicted molar refractivity (Wildman–Crippen MR) is 71.5 cm³/mol. The molecule has 2 N–H and O–H groups in total. The van der Waals surface area contributed by atoms with Crippen molar-refractivity contribution in [1.29, 1.82) is 0 Å². The monoisotopic (exact) mass is 365 g/mol. The normalized spacial score (nSPS) is 13.3. The smallest absolute Gasteiger partial charge is 0.320 e. The highest BCUT2D eigenvalue weighted by atomic mass is 79.9. The van der Waals surface area contributed by atoms with Gasteiger partial charge in [-0.25, -0.2) is 8.78 Å². The highest BCUT2D eigenvalue weighted by Gasteiger charge is 2.35. The number of alkyl halides is 3. The van der Waals surface area contributed by atoms with Gasteiger partial charge in [0, 0.05) is 0 Å². The number of hydrogen-bond donors (Lipinski definition) is 1. The van der Waals surface area contributed by atoms with E-state index in [1.54, 1.807) is 0 Å². The molecular weight excluding hydrogens is 357 g/mol. The molecular formula is C14H9BrF5N. The average molecular weight is 366 g/mol. The number of nitrogens with two attached hydrogens (primary N) is 1. The Labute approximate surface area is 125 Å². The van der Waals surface area contributed by atoms with Gasteiger partial charge in [0.15, 0.2) is 11.6 Å². The van der Waals surface area contributed by atoms with Gasteiger partial charge in [-0.15, -0.1) is 0 Å². The molecule has 112 valence electrons. The molecule has 0 heterocycles. The first kappa shape index (κ1) is 15.9. The minimum Gasteiger partial charge on any atom is -0.320 e. The number of rotatable bonds is 2. The highest BCUT2D eigenvalue weighted by molar-refractivity contribution is 9.10. The fraction of sp³-hybridized carbons (Fsp3) is 0.143. The molecule has 0 fully saturated rings. The lowest BCUT2D eigenvalue weighted by atomic mass is 9.94. The van der Waals surface area contributed by atoms with Crippen molar-refractivity contribution in [1.82, 2.24) is 0 Å². The summed E-state index contributed by atoms with van der Waals surface area (Å²) < 4.78 is 65.2. The lowest BCUT2D eigenvalue weighted by Crippen LogP contribution is -2.19. The molecule has 0 aliphatic rings. The fourth-order valence-corrected chi connectivity index (χ4v) is 2.54. The first-order valence-electron chi connectivity index (χ1n) is 5.78. The van der Waals surface area contributed by atoms with Crippen LogP contribution in [0.4, 0.5) is 22.0 Å². The maximum absolute atomic E-state index is 13.5. The van der Waals surface area contributed by atoms with Gasteiger partial charge in [0.2, 0.25) is 0 Å². The number of hydrogen-bond acceptors (Lipinski definition) is 1. The summed E-state index contributed by atoms with van der Waals surface area (Å²) in [6.07, 6.45) is -4.58. The third-order valence-electron chi connectivity index (χ3n) is 3.00. The third-order valence-corrected chi connectivity index (χ3v) is 3.81. The van der Waals surface area contributed by atoms with Gasteiger partial charge in [0.25, 0.3) is 0 Å². The van der Waals surface area contributed by atoms with Crippen molar-refractivity contribution < 1.29 is 22.0 Å². The Bertz CT molecular complexity index is 669. The number of halogens is 6. The molecule has 0 bridgehead atoms. The van der Waals surface area contributed by atoms with Crippen LogP contribution >= 0.6 is 15.9 Å². The van der Waals surface area contributed by atoms with Crippen LogP contribution in [-0.2, 0) is 6.18 Å². The van der Waals surface area contributed by atoms with Crippen molar-refractivity contribution in [3.05, 3.63) is 69.2 Å². The van der Waals surface area contributed by atoms with E-state index in [2.05, 4.69) is 15.9 Å². The van der Waals surface area contributed by atoms with Crippen LogP contribution in [0.15, 0.2) is 40.9 Å². The lowest BCUT2D eigenvalue weighted by Gasteiger charge is -2.19. The summed E-state index contributed by atoms with van der Waals surface area (Å²) in [7, 11) is 0. The molecule has 0 saturated heterocycles. The second kappa shape index (κ2) is 5.73. The zero-order chi connectivity index (χ0) is 15.8. The van der Waals surface area contributed by atoms with Crippen molar-refractivity contribution in [3.63, 3.8) is 0 Å². The van der Waals surface area contributed by atoms with Crippen LogP contribution in [0.5, 0.6) is 0 Å². The lowest BCUT2D eigenvalue weighted by molar-refractivity contribution is -0.138. The summed E-state index contributed by atoms with van der Waals surface area (Å²) in [5.41, 5.74) is 4.73. The van der Waals surface area contributed by atoms with E-state index >= 15 is 0 Å². The van der Waals surface area contributed by atoms with E-state index in [1.165, 1.54) is 18.2 Å². The molecule has 1 unspecified atom stereocenters. The van der Waals surface area contributed by atoms with Crippen LogP contribution in [0.2, 0.25) is 0 Å². The molecule has 1 nitrogen and oxygen atoms in total. The summed E-state index contributed by atoms with van der Waals surface area (Å²) in [5.74, 6) is -2.30. The Kier molecular flexibility index (Phi) is 4.34. The van der Waals surface area contributed by atoms with Gasteiger partial charge in [-0.2, -0.15) is 13.2 Å². The Morgan fingerprint density at radius 2 is 1.57 bits per heavy atom. The number of benzene rings is 2. The maximum atomic E-state index is 13.5.